The third-order valence-electron chi connectivity index (χ3n) is 2.30. The predicted octanol–water partition coefficient (Wildman–Crippen LogP) is -0.0824. The number of aromatic nitrogens is 3. The quantitative estimate of drug-likeness (QED) is 0.770. The second-order valence-corrected chi connectivity index (χ2v) is 3.63. The van der Waals surface area contributed by atoms with E-state index in [0.29, 0.717) is 17.8 Å². The summed E-state index contributed by atoms with van der Waals surface area (Å²) >= 11 is 0. The smallest absolute Gasteiger partial charge is 0.248 e. The van der Waals surface area contributed by atoms with Gasteiger partial charge in [-0.2, -0.15) is 0 Å². The average molecular weight is 232 g/mol. The van der Waals surface area contributed by atoms with E-state index in [0.717, 1.165) is 5.56 Å². The van der Waals surface area contributed by atoms with Crippen molar-refractivity contribution in [1.29, 1.82) is 0 Å². The molecular formula is C11H12N4O2. The molecule has 0 saturated carbocycles. The number of aliphatic hydroxyl groups is 1. The number of carbonyl (C=O) groups is 1. The molecule has 0 aliphatic carbocycles. The first-order valence-corrected chi connectivity index (χ1v) is 5.07. The Morgan fingerprint density at radius 3 is 2.94 bits per heavy atom. The number of benzene rings is 1. The average Bonchev–Trinajstić information content (AvgIpc) is 2.77. The fourth-order valence-corrected chi connectivity index (χ4v) is 1.50. The number of nitrogens with two attached hydrogens (primary N) is 1. The first kappa shape index (κ1) is 11.3. The van der Waals surface area contributed by atoms with Crippen LogP contribution in [0, 0.1) is 0 Å². The summed E-state index contributed by atoms with van der Waals surface area (Å²) in [6.07, 6.45) is 1.65. The zero-order chi connectivity index (χ0) is 12.3. The Bertz CT molecular complexity index is 536. The maximum Gasteiger partial charge on any atom is 0.248 e. The molecule has 6 heteroatoms. The zero-order valence-corrected chi connectivity index (χ0v) is 9.08. The largest absolute Gasteiger partial charge is 0.390 e. The summed E-state index contributed by atoms with van der Waals surface area (Å²) in [7, 11) is 0. The summed E-state index contributed by atoms with van der Waals surface area (Å²) in [5.74, 6) is -0.457. The number of amides is 1. The van der Waals surface area contributed by atoms with Crippen LogP contribution in [0.3, 0.4) is 0 Å². The van der Waals surface area contributed by atoms with Crippen molar-refractivity contribution in [2.45, 2.75) is 13.2 Å². The van der Waals surface area contributed by atoms with Gasteiger partial charge in [-0.15, -0.1) is 5.10 Å². The molecular weight excluding hydrogens is 220 g/mol. The van der Waals surface area contributed by atoms with Gasteiger partial charge in [-0.25, -0.2) is 4.68 Å². The second-order valence-electron chi connectivity index (χ2n) is 3.63. The highest BCUT2D eigenvalue weighted by molar-refractivity contribution is 5.92. The number of hydrogen-bond donors (Lipinski definition) is 2. The number of hydrogen-bond acceptors (Lipinski definition) is 4. The molecule has 1 aromatic heterocycles. The summed E-state index contributed by atoms with van der Waals surface area (Å²) in [6, 6.07) is 7.00. The van der Waals surface area contributed by atoms with E-state index in [2.05, 4.69) is 10.3 Å². The maximum atomic E-state index is 11.0. The van der Waals surface area contributed by atoms with Gasteiger partial charge < -0.3 is 10.8 Å². The van der Waals surface area contributed by atoms with Crippen molar-refractivity contribution in [2.75, 3.05) is 0 Å². The molecule has 2 aromatic rings. The standard InChI is InChI=1S/C11H12N4O2/c12-11(17)9-3-1-2-8(4-9)5-15-6-10(7-16)13-14-15/h1-4,6,16H,5,7H2,(H2,12,17). The van der Waals surface area contributed by atoms with Crippen LogP contribution in [-0.4, -0.2) is 26.0 Å². The summed E-state index contributed by atoms with van der Waals surface area (Å²) in [6.45, 7) is 0.343. The molecule has 3 N–H and O–H groups in total. The molecule has 88 valence electrons. The lowest BCUT2D eigenvalue weighted by Crippen LogP contribution is -2.11. The third kappa shape index (κ3) is 2.67. The van der Waals surface area contributed by atoms with Gasteiger partial charge in [0.15, 0.2) is 0 Å². The molecule has 1 heterocycles. The van der Waals surface area contributed by atoms with Crippen molar-refractivity contribution < 1.29 is 9.90 Å². The number of rotatable bonds is 4. The van der Waals surface area contributed by atoms with E-state index in [4.69, 9.17) is 10.8 Å². The van der Waals surface area contributed by atoms with E-state index in [1.807, 2.05) is 6.07 Å². The van der Waals surface area contributed by atoms with Gasteiger partial charge in [0.1, 0.15) is 5.69 Å². The topological polar surface area (TPSA) is 94.0 Å². The molecule has 0 fully saturated rings. The number of aliphatic hydroxyl groups excluding tert-OH is 1. The third-order valence-corrected chi connectivity index (χ3v) is 2.30. The van der Waals surface area contributed by atoms with Gasteiger partial charge in [-0.3, -0.25) is 4.79 Å². The Kier molecular flexibility index (Phi) is 3.15. The fourth-order valence-electron chi connectivity index (χ4n) is 1.50. The van der Waals surface area contributed by atoms with Gasteiger partial charge in [-0.05, 0) is 17.7 Å². The van der Waals surface area contributed by atoms with Crippen LogP contribution in [0.25, 0.3) is 0 Å². The van der Waals surface area contributed by atoms with Crippen molar-refractivity contribution in [3.8, 4) is 0 Å². The van der Waals surface area contributed by atoms with Crippen LogP contribution in [0.4, 0.5) is 0 Å². The second kappa shape index (κ2) is 4.75. The number of primary amides is 1. The van der Waals surface area contributed by atoms with Crippen LogP contribution in [0.5, 0.6) is 0 Å². The minimum atomic E-state index is -0.457. The van der Waals surface area contributed by atoms with E-state index in [-0.39, 0.29) is 6.61 Å². The first-order valence-electron chi connectivity index (χ1n) is 5.07. The minimum absolute atomic E-state index is 0.138. The molecule has 0 aliphatic heterocycles. The van der Waals surface area contributed by atoms with Crippen LogP contribution < -0.4 is 5.73 Å². The highest BCUT2D eigenvalue weighted by Crippen LogP contribution is 2.06. The molecule has 0 unspecified atom stereocenters. The van der Waals surface area contributed by atoms with Gasteiger partial charge >= 0.3 is 0 Å². The predicted molar refractivity (Wildman–Crippen MR) is 60.0 cm³/mol. The van der Waals surface area contributed by atoms with E-state index < -0.39 is 5.91 Å². The highest BCUT2D eigenvalue weighted by atomic mass is 16.3. The Labute approximate surface area is 97.7 Å². The van der Waals surface area contributed by atoms with Crippen LogP contribution in [0.1, 0.15) is 21.6 Å². The van der Waals surface area contributed by atoms with Crippen molar-refractivity contribution in [2.24, 2.45) is 5.73 Å². The zero-order valence-electron chi connectivity index (χ0n) is 9.08. The molecule has 1 aromatic carbocycles. The molecule has 0 saturated heterocycles. The first-order chi connectivity index (χ1) is 8.19. The lowest BCUT2D eigenvalue weighted by Gasteiger charge is -2.02. The van der Waals surface area contributed by atoms with Crippen molar-refractivity contribution in [1.82, 2.24) is 15.0 Å². The lowest BCUT2D eigenvalue weighted by atomic mass is 10.1. The highest BCUT2D eigenvalue weighted by Gasteiger charge is 2.03. The fraction of sp³-hybridized carbons (Fsp3) is 0.182. The van der Waals surface area contributed by atoms with Crippen LogP contribution in [0.2, 0.25) is 0 Å². The normalized spacial score (nSPS) is 10.4. The van der Waals surface area contributed by atoms with Crippen molar-refractivity contribution in [3.05, 3.63) is 47.3 Å². The Morgan fingerprint density at radius 1 is 1.47 bits per heavy atom. The maximum absolute atomic E-state index is 11.0. The molecule has 1 amide bonds. The SMILES string of the molecule is NC(=O)c1cccc(Cn2cc(CO)nn2)c1. The molecule has 0 atom stereocenters. The van der Waals surface area contributed by atoms with E-state index in [1.165, 1.54) is 0 Å². The summed E-state index contributed by atoms with van der Waals surface area (Å²) in [4.78, 5) is 11.0. The van der Waals surface area contributed by atoms with Gasteiger partial charge in [0.25, 0.3) is 0 Å². The Morgan fingerprint density at radius 2 is 2.29 bits per heavy atom. The molecule has 0 aliphatic rings. The minimum Gasteiger partial charge on any atom is -0.390 e. The molecule has 6 nitrogen and oxygen atoms in total. The van der Waals surface area contributed by atoms with Crippen LogP contribution >= 0.6 is 0 Å². The summed E-state index contributed by atoms with van der Waals surface area (Å²) in [5.41, 5.74) is 7.07. The molecule has 0 bridgehead atoms. The molecule has 0 spiro atoms. The number of carbonyl (C=O) groups excluding carboxylic acids is 1. The Hall–Kier alpha value is -2.21. The van der Waals surface area contributed by atoms with E-state index in [9.17, 15) is 4.79 Å². The van der Waals surface area contributed by atoms with Gasteiger partial charge in [0.05, 0.1) is 19.3 Å². The monoisotopic (exact) mass is 232 g/mol. The number of nitrogens with zero attached hydrogens (tertiary/aromatic N) is 3. The van der Waals surface area contributed by atoms with Gasteiger partial charge in [-0.1, -0.05) is 17.3 Å². The Balaban J connectivity index is 2.18. The van der Waals surface area contributed by atoms with Crippen LogP contribution in [0.15, 0.2) is 30.5 Å². The van der Waals surface area contributed by atoms with Crippen molar-refractivity contribution in [3.63, 3.8) is 0 Å². The van der Waals surface area contributed by atoms with Gasteiger partial charge in [0, 0.05) is 5.56 Å². The van der Waals surface area contributed by atoms with Crippen molar-refractivity contribution >= 4 is 5.91 Å². The van der Waals surface area contributed by atoms with Gasteiger partial charge in [0.2, 0.25) is 5.91 Å². The molecule has 2 rings (SSSR count). The van der Waals surface area contributed by atoms with E-state index in [1.54, 1.807) is 29.1 Å². The molecule has 17 heavy (non-hydrogen) atoms. The van der Waals surface area contributed by atoms with E-state index >= 15 is 0 Å². The van der Waals surface area contributed by atoms with Crippen LogP contribution in [-0.2, 0) is 13.2 Å². The molecule has 0 radical (unpaired) electrons. The summed E-state index contributed by atoms with van der Waals surface area (Å²) < 4.78 is 1.59. The lowest BCUT2D eigenvalue weighted by molar-refractivity contribution is 0.1000. The summed E-state index contributed by atoms with van der Waals surface area (Å²) in [5, 5.41) is 16.5.